The van der Waals surface area contributed by atoms with E-state index in [1.165, 1.54) is 23.5 Å². The van der Waals surface area contributed by atoms with E-state index in [0.29, 0.717) is 15.6 Å². The summed E-state index contributed by atoms with van der Waals surface area (Å²) in [6.07, 6.45) is 0. The minimum Gasteiger partial charge on any atom is -0.497 e. The highest BCUT2D eigenvalue weighted by Gasteiger charge is 2.15. The number of hydrogen-bond acceptors (Lipinski definition) is 6. The Morgan fingerprint density at radius 1 is 1.12 bits per heavy atom. The molecule has 0 radical (unpaired) electrons. The van der Waals surface area contributed by atoms with Crippen LogP contribution in [0.1, 0.15) is 4.88 Å². The zero-order valence-corrected chi connectivity index (χ0v) is 13.4. The average Bonchev–Trinajstić information content (AvgIpc) is 3.06. The molecule has 7 heteroatoms. The summed E-state index contributed by atoms with van der Waals surface area (Å²) in [5.41, 5.74) is 2.17. The predicted octanol–water partition coefficient (Wildman–Crippen LogP) is 4.27. The van der Waals surface area contributed by atoms with Crippen LogP contribution in [0.2, 0.25) is 0 Å². The first-order valence-electron chi connectivity index (χ1n) is 6.92. The summed E-state index contributed by atoms with van der Waals surface area (Å²) in [4.78, 5) is 15.3. The Morgan fingerprint density at radius 3 is 2.29 bits per heavy atom. The van der Waals surface area contributed by atoms with Crippen molar-refractivity contribution in [1.29, 1.82) is 5.26 Å². The van der Waals surface area contributed by atoms with E-state index in [4.69, 9.17) is 4.74 Å². The Hall–Kier alpha value is -3.24. The zero-order chi connectivity index (χ0) is 17.1. The maximum Gasteiger partial charge on any atom is 0.269 e. The molecule has 118 valence electrons. The summed E-state index contributed by atoms with van der Waals surface area (Å²) < 4.78 is 5.13. The van der Waals surface area contributed by atoms with Crippen molar-refractivity contribution in [3.05, 3.63) is 63.5 Å². The largest absolute Gasteiger partial charge is 0.497 e. The summed E-state index contributed by atoms with van der Waals surface area (Å²) >= 11 is 1.26. The number of nitro groups is 1. The summed E-state index contributed by atoms with van der Waals surface area (Å²) in [7, 11) is 1.59. The van der Waals surface area contributed by atoms with Crippen LogP contribution in [-0.4, -0.2) is 17.0 Å². The number of rotatable bonds is 4. The minimum atomic E-state index is -0.449. The molecule has 0 bridgehead atoms. The number of nitrogens with zero attached hydrogens (tertiary/aromatic N) is 3. The average molecular weight is 337 g/mol. The van der Waals surface area contributed by atoms with Crippen molar-refractivity contribution in [1.82, 2.24) is 4.98 Å². The molecule has 24 heavy (non-hydrogen) atoms. The Bertz CT molecular complexity index is 925. The van der Waals surface area contributed by atoms with E-state index in [-0.39, 0.29) is 5.69 Å². The second kappa shape index (κ2) is 6.48. The molecule has 0 N–H and O–H groups in total. The van der Waals surface area contributed by atoms with Crippen LogP contribution in [0.25, 0.3) is 21.8 Å². The summed E-state index contributed by atoms with van der Waals surface area (Å²) in [6.45, 7) is 0. The van der Waals surface area contributed by atoms with E-state index in [1.807, 2.05) is 12.1 Å². The van der Waals surface area contributed by atoms with Crippen LogP contribution in [0, 0.1) is 21.4 Å². The summed E-state index contributed by atoms with van der Waals surface area (Å²) in [5.74, 6) is 0.725. The number of nitro benzene ring substituents is 1. The Morgan fingerprint density at radius 2 is 1.75 bits per heavy atom. The Labute approximate surface area is 141 Å². The lowest BCUT2D eigenvalue weighted by molar-refractivity contribution is -0.384. The minimum absolute atomic E-state index is 0.0196. The molecule has 0 atom stereocenters. The third-order valence-electron chi connectivity index (χ3n) is 3.42. The van der Waals surface area contributed by atoms with Crippen molar-refractivity contribution < 1.29 is 9.66 Å². The standard InChI is InChI=1S/C17H11N3O3S/c1-23-14-8-4-11(5-9-14)16-15(10-18)24-17(19-16)12-2-6-13(7-3-12)20(21)22/h2-9H,1H3. The van der Waals surface area contributed by atoms with Crippen LogP contribution >= 0.6 is 11.3 Å². The van der Waals surface area contributed by atoms with Gasteiger partial charge in [0, 0.05) is 23.3 Å². The molecule has 1 heterocycles. The molecule has 0 unspecified atom stereocenters. The van der Waals surface area contributed by atoms with Crippen molar-refractivity contribution >= 4 is 17.0 Å². The quantitative estimate of drug-likeness (QED) is 0.524. The van der Waals surface area contributed by atoms with Crippen molar-refractivity contribution in [2.45, 2.75) is 0 Å². The molecule has 0 spiro atoms. The molecule has 6 nitrogen and oxygen atoms in total. The van der Waals surface area contributed by atoms with Gasteiger partial charge in [0.25, 0.3) is 5.69 Å². The molecule has 0 aliphatic heterocycles. The lowest BCUT2D eigenvalue weighted by Crippen LogP contribution is -1.87. The number of benzene rings is 2. The molecule has 0 aliphatic carbocycles. The van der Waals surface area contributed by atoms with Crippen LogP contribution in [0.15, 0.2) is 48.5 Å². The van der Waals surface area contributed by atoms with Gasteiger partial charge in [0.2, 0.25) is 0 Å². The number of non-ortho nitro benzene ring substituents is 1. The number of thiazole rings is 1. The molecule has 1 aromatic heterocycles. The van der Waals surface area contributed by atoms with Crippen molar-refractivity contribution in [2.24, 2.45) is 0 Å². The second-order valence-corrected chi connectivity index (χ2v) is 5.84. The van der Waals surface area contributed by atoms with Gasteiger partial charge in [0.05, 0.1) is 17.7 Å². The van der Waals surface area contributed by atoms with E-state index in [9.17, 15) is 15.4 Å². The van der Waals surface area contributed by atoms with E-state index in [0.717, 1.165) is 16.9 Å². The van der Waals surface area contributed by atoms with E-state index in [1.54, 1.807) is 31.4 Å². The van der Waals surface area contributed by atoms with E-state index in [2.05, 4.69) is 11.1 Å². The monoisotopic (exact) mass is 337 g/mol. The normalized spacial score (nSPS) is 10.2. The van der Waals surface area contributed by atoms with Crippen LogP contribution in [0.4, 0.5) is 5.69 Å². The molecule has 0 amide bonds. The van der Waals surface area contributed by atoms with Crippen molar-refractivity contribution in [3.8, 4) is 33.6 Å². The van der Waals surface area contributed by atoms with Crippen LogP contribution in [0.5, 0.6) is 5.75 Å². The number of methoxy groups -OCH3 is 1. The number of aromatic nitrogens is 1. The zero-order valence-electron chi connectivity index (χ0n) is 12.6. The SMILES string of the molecule is COc1ccc(-c2nc(-c3ccc([N+](=O)[O-])cc3)sc2C#N)cc1. The topological polar surface area (TPSA) is 89.1 Å². The van der Waals surface area contributed by atoms with Gasteiger partial charge in [-0.3, -0.25) is 10.1 Å². The third kappa shape index (κ3) is 2.95. The Balaban J connectivity index is 2.00. The van der Waals surface area contributed by atoms with Gasteiger partial charge in [-0.2, -0.15) is 5.26 Å². The molecular formula is C17H11N3O3S. The fraction of sp³-hybridized carbons (Fsp3) is 0.0588. The fourth-order valence-corrected chi connectivity index (χ4v) is 3.08. The molecule has 3 rings (SSSR count). The first-order valence-corrected chi connectivity index (χ1v) is 7.74. The summed E-state index contributed by atoms with van der Waals surface area (Å²) in [6, 6.07) is 15.6. The van der Waals surface area contributed by atoms with Gasteiger partial charge in [-0.25, -0.2) is 4.98 Å². The van der Waals surface area contributed by atoms with Crippen LogP contribution in [-0.2, 0) is 0 Å². The van der Waals surface area contributed by atoms with Gasteiger partial charge in [-0.15, -0.1) is 11.3 Å². The maximum atomic E-state index is 10.7. The van der Waals surface area contributed by atoms with Gasteiger partial charge in [0.15, 0.2) is 0 Å². The first-order chi connectivity index (χ1) is 11.6. The van der Waals surface area contributed by atoms with Gasteiger partial charge < -0.3 is 4.74 Å². The Kier molecular flexibility index (Phi) is 4.22. The molecule has 0 saturated heterocycles. The number of hydrogen-bond donors (Lipinski definition) is 0. The van der Waals surface area contributed by atoms with Crippen LogP contribution in [0.3, 0.4) is 0 Å². The second-order valence-electron chi connectivity index (χ2n) is 4.84. The molecule has 0 fully saturated rings. The molecule has 3 aromatic rings. The summed E-state index contributed by atoms with van der Waals surface area (Å²) in [5, 5.41) is 20.7. The fourth-order valence-electron chi connectivity index (χ4n) is 2.19. The lowest BCUT2D eigenvalue weighted by atomic mass is 10.1. The van der Waals surface area contributed by atoms with Gasteiger partial charge in [-0.1, -0.05) is 0 Å². The van der Waals surface area contributed by atoms with E-state index >= 15 is 0 Å². The first kappa shape index (κ1) is 15.6. The number of ether oxygens (including phenoxy) is 1. The van der Waals surface area contributed by atoms with Gasteiger partial charge in [-0.05, 0) is 36.4 Å². The smallest absolute Gasteiger partial charge is 0.269 e. The molecule has 0 aliphatic rings. The highest BCUT2D eigenvalue weighted by molar-refractivity contribution is 7.16. The highest BCUT2D eigenvalue weighted by atomic mass is 32.1. The van der Waals surface area contributed by atoms with E-state index < -0.39 is 4.92 Å². The maximum absolute atomic E-state index is 10.7. The van der Waals surface area contributed by atoms with Gasteiger partial charge in [0.1, 0.15) is 21.7 Å². The van der Waals surface area contributed by atoms with Crippen molar-refractivity contribution in [2.75, 3.05) is 7.11 Å². The third-order valence-corrected chi connectivity index (χ3v) is 4.43. The molecule has 2 aromatic carbocycles. The molecular weight excluding hydrogens is 326 g/mol. The van der Waals surface area contributed by atoms with Crippen molar-refractivity contribution in [3.63, 3.8) is 0 Å². The molecule has 0 saturated carbocycles. The predicted molar refractivity (Wildman–Crippen MR) is 90.9 cm³/mol. The lowest BCUT2D eigenvalue weighted by Gasteiger charge is -2.01. The number of nitriles is 1. The van der Waals surface area contributed by atoms with Crippen LogP contribution < -0.4 is 4.74 Å². The highest BCUT2D eigenvalue weighted by Crippen LogP contribution is 2.34. The van der Waals surface area contributed by atoms with Gasteiger partial charge >= 0.3 is 0 Å².